The number of carbonyl (C=O) groups excluding carboxylic acids is 1. The molecular formula is C15H19NO5S. The highest BCUT2D eigenvalue weighted by Gasteiger charge is 2.33. The maximum absolute atomic E-state index is 12.7. The lowest BCUT2D eigenvalue weighted by Crippen LogP contribution is -2.38. The van der Waals surface area contributed by atoms with Crippen LogP contribution >= 0.6 is 0 Å². The summed E-state index contributed by atoms with van der Waals surface area (Å²) in [6.07, 6.45) is 0.494. The van der Waals surface area contributed by atoms with Crippen LogP contribution in [0.5, 0.6) is 11.5 Å². The number of rotatable bonds is 2. The lowest BCUT2D eigenvalue weighted by atomic mass is 10.0. The standard InChI is InChI=1S/C15H19NO5S/c1-10-7-13-14(21-5-4-20-13)8-12(10)15(17)16(2)11-3-6-22(18,19)9-11/h7-8,11H,3-6,9H2,1-2H3. The number of hydrogen-bond acceptors (Lipinski definition) is 5. The van der Waals surface area contributed by atoms with Crippen LogP contribution in [0, 0.1) is 6.92 Å². The molecule has 0 aromatic heterocycles. The highest BCUT2D eigenvalue weighted by molar-refractivity contribution is 7.91. The van der Waals surface area contributed by atoms with Crippen LogP contribution in [-0.4, -0.2) is 57.0 Å². The summed E-state index contributed by atoms with van der Waals surface area (Å²) in [6, 6.07) is 3.22. The van der Waals surface area contributed by atoms with Crippen molar-refractivity contribution < 1.29 is 22.7 Å². The van der Waals surface area contributed by atoms with E-state index < -0.39 is 9.84 Å². The Morgan fingerprint density at radius 1 is 1.23 bits per heavy atom. The van der Waals surface area contributed by atoms with Crippen LogP contribution in [0.15, 0.2) is 12.1 Å². The minimum Gasteiger partial charge on any atom is -0.486 e. The Hall–Kier alpha value is -1.76. The van der Waals surface area contributed by atoms with Gasteiger partial charge in [0.05, 0.1) is 11.5 Å². The van der Waals surface area contributed by atoms with Crippen molar-refractivity contribution in [3.63, 3.8) is 0 Å². The quantitative estimate of drug-likeness (QED) is 0.812. The number of aryl methyl sites for hydroxylation is 1. The minimum absolute atomic E-state index is 0.0405. The molecule has 3 rings (SSSR count). The molecule has 22 heavy (non-hydrogen) atoms. The van der Waals surface area contributed by atoms with Gasteiger partial charge in [0, 0.05) is 18.7 Å². The Morgan fingerprint density at radius 2 is 1.86 bits per heavy atom. The molecule has 1 aromatic rings. The van der Waals surface area contributed by atoms with Crippen LogP contribution in [0.4, 0.5) is 0 Å². The van der Waals surface area contributed by atoms with Crippen molar-refractivity contribution in [3.8, 4) is 11.5 Å². The Labute approximate surface area is 129 Å². The van der Waals surface area contributed by atoms with Crippen molar-refractivity contribution in [1.29, 1.82) is 0 Å². The van der Waals surface area contributed by atoms with Gasteiger partial charge in [0.2, 0.25) is 0 Å². The molecule has 2 aliphatic rings. The summed E-state index contributed by atoms with van der Waals surface area (Å²) >= 11 is 0. The van der Waals surface area contributed by atoms with Crippen LogP contribution < -0.4 is 9.47 Å². The van der Waals surface area contributed by atoms with Gasteiger partial charge in [-0.1, -0.05) is 0 Å². The van der Waals surface area contributed by atoms with E-state index in [2.05, 4.69) is 0 Å². The zero-order valence-corrected chi connectivity index (χ0v) is 13.5. The fraction of sp³-hybridized carbons (Fsp3) is 0.533. The molecule has 1 atom stereocenters. The molecule has 1 amide bonds. The molecule has 1 unspecified atom stereocenters. The molecule has 120 valence electrons. The molecule has 0 saturated carbocycles. The lowest BCUT2D eigenvalue weighted by Gasteiger charge is -2.25. The average molecular weight is 325 g/mol. The van der Waals surface area contributed by atoms with Gasteiger partial charge in [-0.15, -0.1) is 0 Å². The maximum Gasteiger partial charge on any atom is 0.254 e. The van der Waals surface area contributed by atoms with Crippen molar-refractivity contribution in [2.75, 3.05) is 31.8 Å². The molecule has 0 radical (unpaired) electrons. The number of sulfone groups is 1. The monoisotopic (exact) mass is 325 g/mol. The van der Waals surface area contributed by atoms with Gasteiger partial charge in [0.15, 0.2) is 21.3 Å². The van der Waals surface area contributed by atoms with E-state index in [1.807, 2.05) is 6.92 Å². The fourth-order valence-electron chi connectivity index (χ4n) is 2.86. The number of ether oxygens (including phenoxy) is 2. The summed E-state index contributed by atoms with van der Waals surface area (Å²) in [4.78, 5) is 14.2. The second-order valence-corrected chi connectivity index (χ2v) is 8.01. The molecule has 0 bridgehead atoms. The molecule has 1 aromatic carbocycles. The van der Waals surface area contributed by atoms with Crippen LogP contribution in [0.3, 0.4) is 0 Å². The molecule has 0 N–H and O–H groups in total. The number of benzene rings is 1. The average Bonchev–Trinajstić information content (AvgIpc) is 2.85. The van der Waals surface area contributed by atoms with Gasteiger partial charge in [0.25, 0.3) is 5.91 Å². The predicted octanol–water partition coefficient (Wildman–Crippen LogP) is 1.03. The first-order chi connectivity index (χ1) is 10.4. The van der Waals surface area contributed by atoms with Gasteiger partial charge in [0.1, 0.15) is 13.2 Å². The molecule has 7 heteroatoms. The van der Waals surface area contributed by atoms with Crippen LogP contribution in [0.25, 0.3) is 0 Å². The Balaban J connectivity index is 1.86. The lowest BCUT2D eigenvalue weighted by molar-refractivity contribution is 0.0745. The normalized spacial score (nSPS) is 22.4. The van der Waals surface area contributed by atoms with Crippen LogP contribution in [0.1, 0.15) is 22.3 Å². The molecule has 2 heterocycles. The van der Waals surface area contributed by atoms with Crippen molar-refractivity contribution >= 4 is 15.7 Å². The molecule has 1 fully saturated rings. The van der Waals surface area contributed by atoms with Crippen LogP contribution in [0.2, 0.25) is 0 Å². The topological polar surface area (TPSA) is 72.9 Å². The summed E-state index contributed by atoms with van der Waals surface area (Å²) in [5.74, 6) is 1.21. The van der Waals surface area contributed by atoms with E-state index in [1.165, 1.54) is 4.90 Å². The van der Waals surface area contributed by atoms with Gasteiger partial charge in [-0.05, 0) is 31.0 Å². The summed E-state index contributed by atoms with van der Waals surface area (Å²) in [7, 11) is -1.36. The predicted molar refractivity (Wildman–Crippen MR) is 81.3 cm³/mol. The summed E-state index contributed by atoms with van der Waals surface area (Å²) < 4.78 is 34.2. The summed E-state index contributed by atoms with van der Waals surface area (Å²) in [5.41, 5.74) is 1.32. The van der Waals surface area contributed by atoms with E-state index in [4.69, 9.17) is 9.47 Å². The molecular weight excluding hydrogens is 306 g/mol. The van der Waals surface area contributed by atoms with Gasteiger partial charge in [-0.2, -0.15) is 0 Å². The Morgan fingerprint density at radius 3 is 2.45 bits per heavy atom. The number of fused-ring (bicyclic) bond motifs is 1. The minimum atomic E-state index is -3.02. The van der Waals surface area contributed by atoms with Crippen LogP contribution in [-0.2, 0) is 9.84 Å². The zero-order chi connectivity index (χ0) is 15.9. The third kappa shape index (κ3) is 2.77. The van der Waals surface area contributed by atoms with E-state index >= 15 is 0 Å². The number of hydrogen-bond donors (Lipinski definition) is 0. The van der Waals surface area contributed by atoms with E-state index in [0.717, 1.165) is 5.56 Å². The second kappa shape index (κ2) is 5.46. The Bertz CT molecular complexity index is 713. The first-order valence-corrected chi connectivity index (χ1v) is 9.07. The highest BCUT2D eigenvalue weighted by Crippen LogP contribution is 2.33. The number of amides is 1. The third-order valence-electron chi connectivity index (χ3n) is 4.20. The van der Waals surface area contributed by atoms with E-state index in [1.54, 1.807) is 19.2 Å². The maximum atomic E-state index is 12.7. The Kier molecular flexibility index (Phi) is 3.76. The first-order valence-electron chi connectivity index (χ1n) is 7.25. The second-order valence-electron chi connectivity index (χ2n) is 5.78. The van der Waals surface area contributed by atoms with Crippen molar-refractivity contribution in [2.45, 2.75) is 19.4 Å². The van der Waals surface area contributed by atoms with E-state index in [-0.39, 0.29) is 23.5 Å². The van der Waals surface area contributed by atoms with Gasteiger partial charge >= 0.3 is 0 Å². The SMILES string of the molecule is Cc1cc2c(cc1C(=O)N(C)C1CCS(=O)(=O)C1)OCCO2. The van der Waals surface area contributed by atoms with Gasteiger partial charge in [-0.3, -0.25) is 4.79 Å². The number of carbonyl (C=O) groups is 1. The van der Waals surface area contributed by atoms with Gasteiger partial charge in [-0.25, -0.2) is 8.42 Å². The van der Waals surface area contributed by atoms with Crippen molar-refractivity contribution in [3.05, 3.63) is 23.3 Å². The van der Waals surface area contributed by atoms with Crippen molar-refractivity contribution in [2.24, 2.45) is 0 Å². The first kappa shape index (κ1) is 15.1. The molecule has 0 aliphatic carbocycles. The van der Waals surface area contributed by atoms with E-state index in [0.29, 0.717) is 36.7 Å². The zero-order valence-electron chi connectivity index (χ0n) is 12.7. The van der Waals surface area contributed by atoms with Crippen molar-refractivity contribution in [1.82, 2.24) is 4.90 Å². The molecule has 2 aliphatic heterocycles. The fourth-order valence-corrected chi connectivity index (χ4v) is 4.63. The summed E-state index contributed by atoms with van der Waals surface area (Å²) in [5, 5.41) is 0. The third-order valence-corrected chi connectivity index (χ3v) is 5.95. The molecule has 6 nitrogen and oxygen atoms in total. The molecule has 0 spiro atoms. The van der Waals surface area contributed by atoms with Gasteiger partial charge < -0.3 is 14.4 Å². The smallest absolute Gasteiger partial charge is 0.254 e. The summed E-state index contributed by atoms with van der Waals surface area (Å²) in [6.45, 7) is 2.80. The van der Waals surface area contributed by atoms with E-state index in [9.17, 15) is 13.2 Å². The molecule has 1 saturated heterocycles. The largest absolute Gasteiger partial charge is 0.486 e. The number of nitrogens with zero attached hydrogens (tertiary/aromatic N) is 1. The highest BCUT2D eigenvalue weighted by atomic mass is 32.2.